The second kappa shape index (κ2) is 5.85. The summed E-state index contributed by atoms with van der Waals surface area (Å²) in [5, 5.41) is 0.0719. The van der Waals surface area contributed by atoms with Gasteiger partial charge in [-0.1, -0.05) is 0 Å². The molecule has 0 atom stereocenters. The summed E-state index contributed by atoms with van der Waals surface area (Å²) < 4.78 is 37.0. The Morgan fingerprint density at radius 3 is 2.45 bits per heavy atom. The Hall–Kier alpha value is -0.890. The Balaban J connectivity index is 1.69. The first-order valence-electron chi connectivity index (χ1n) is 7.05. The van der Waals surface area contributed by atoms with E-state index in [4.69, 9.17) is 9.15 Å². The molecule has 1 aromatic rings. The predicted octanol–water partition coefficient (Wildman–Crippen LogP) is 0.896. The summed E-state index contributed by atoms with van der Waals surface area (Å²) in [6.07, 6.45) is 1.86. The van der Waals surface area contributed by atoms with Crippen LogP contribution >= 0.6 is 0 Å². The molecule has 2 aliphatic rings. The molecule has 0 unspecified atom stereocenters. The molecule has 2 saturated heterocycles. The first-order valence-corrected chi connectivity index (χ1v) is 8.49. The summed E-state index contributed by atoms with van der Waals surface area (Å²) in [4.78, 5) is 2.20. The topological polar surface area (TPSA) is 63.0 Å². The molecular formula is C13H20N2O4S. The molecule has 0 amide bonds. The number of hydrogen-bond acceptors (Lipinski definition) is 5. The lowest BCUT2D eigenvalue weighted by Crippen LogP contribution is -2.35. The monoisotopic (exact) mass is 300 g/mol. The van der Waals surface area contributed by atoms with Crippen LogP contribution in [0.2, 0.25) is 0 Å². The van der Waals surface area contributed by atoms with Crippen LogP contribution in [0.3, 0.4) is 0 Å². The highest BCUT2D eigenvalue weighted by Crippen LogP contribution is 2.23. The van der Waals surface area contributed by atoms with Gasteiger partial charge in [-0.3, -0.25) is 4.90 Å². The van der Waals surface area contributed by atoms with E-state index < -0.39 is 10.0 Å². The maximum Gasteiger partial charge on any atom is 0.276 e. The number of furan rings is 1. The van der Waals surface area contributed by atoms with E-state index >= 15 is 0 Å². The number of nitrogens with zero attached hydrogens (tertiary/aromatic N) is 2. The lowest BCUT2D eigenvalue weighted by atomic mass is 10.3. The molecule has 0 N–H and O–H groups in total. The van der Waals surface area contributed by atoms with Crippen LogP contribution < -0.4 is 0 Å². The number of hydrogen-bond donors (Lipinski definition) is 0. The van der Waals surface area contributed by atoms with Crippen molar-refractivity contribution < 1.29 is 17.6 Å². The third kappa shape index (κ3) is 2.90. The average molecular weight is 300 g/mol. The van der Waals surface area contributed by atoms with Crippen LogP contribution in [0.5, 0.6) is 0 Å². The molecule has 7 heteroatoms. The molecule has 3 rings (SSSR count). The maximum absolute atomic E-state index is 12.3. The SMILES string of the molecule is O=S(=O)(c1ccc(CN2CCOCC2)o1)N1CCCC1. The van der Waals surface area contributed by atoms with Crippen molar-refractivity contribution >= 4 is 10.0 Å². The molecule has 0 spiro atoms. The minimum Gasteiger partial charge on any atom is -0.447 e. The van der Waals surface area contributed by atoms with Gasteiger partial charge in [-0.05, 0) is 25.0 Å². The molecule has 0 aliphatic carbocycles. The number of rotatable bonds is 4. The summed E-state index contributed by atoms with van der Waals surface area (Å²) in [6, 6.07) is 3.34. The molecule has 0 bridgehead atoms. The average Bonchev–Trinajstić information content (AvgIpc) is 3.11. The van der Waals surface area contributed by atoms with Crippen LogP contribution in [0.25, 0.3) is 0 Å². The van der Waals surface area contributed by atoms with E-state index in [1.54, 1.807) is 12.1 Å². The largest absolute Gasteiger partial charge is 0.447 e. The van der Waals surface area contributed by atoms with Crippen molar-refractivity contribution in [3.8, 4) is 0 Å². The first-order chi connectivity index (χ1) is 9.66. The quantitative estimate of drug-likeness (QED) is 0.826. The molecule has 112 valence electrons. The molecule has 2 fully saturated rings. The van der Waals surface area contributed by atoms with Gasteiger partial charge in [0.05, 0.1) is 19.8 Å². The van der Waals surface area contributed by atoms with Gasteiger partial charge in [-0.2, -0.15) is 4.31 Å². The van der Waals surface area contributed by atoms with E-state index in [1.165, 1.54) is 4.31 Å². The van der Waals surface area contributed by atoms with Gasteiger partial charge in [0.25, 0.3) is 10.0 Å². The van der Waals surface area contributed by atoms with Crippen molar-refractivity contribution in [2.45, 2.75) is 24.5 Å². The fourth-order valence-corrected chi connectivity index (χ4v) is 4.06. The van der Waals surface area contributed by atoms with E-state index in [2.05, 4.69) is 4.90 Å². The lowest BCUT2D eigenvalue weighted by molar-refractivity contribution is 0.0308. The van der Waals surface area contributed by atoms with Gasteiger partial charge in [0, 0.05) is 26.2 Å². The van der Waals surface area contributed by atoms with Crippen molar-refractivity contribution in [2.75, 3.05) is 39.4 Å². The van der Waals surface area contributed by atoms with Gasteiger partial charge >= 0.3 is 0 Å². The van der Waals surface area contributed by atoms with E-state index in [1.807, 2.05) is 0 Å². The third-order valence-corrected chi connectivity index (χ3v) is 5.55. The zero-order valence-electron chi connectivity index (χ0n) is 11.5. The maximum atomic E-state index is 12.3. The van der Waals surface area contributed by atoms with Gasteiger partial charge in [-0.15, -0.1) is 0 Å². The summed E-state index contributed by atoms with van der Waals surface area (Å²) >= 11 is 0. The Labute approximate surface area is 119 Å². The highest BCUT2D eigenvalue weighted by Gasteiger charge is 2.30. The molecule has 0 aromatic carbocycles. The van der Waals surface area contributed by atoms with Crippen LogP contribution in [0.15, 0.2) is 21.6 Å². The second-order valence-electron chi connectivity index (χ2n) is 5.22. The van der Waals surface area contributed by atoms with Gasteiger partial charge in [-0.25, -0.2) is 8.42 Å². The normalized spacial score (nSPS) is 22.4. The molecule has 2 aliphatic heterocycles. The van der Waals surface area contributed by atoms with Gasteiger partial charge in [0.2, 0.25) is 5.09 Å². The minimum atomic E-state index is -3.44. The summed E-state index contributed by atoms with van der Waals surface area (Å²) in [5.74, 6) is 0.699. The smallest absolute Gasteiger partial charge is 0.276 e. The van der Waals surface area contributed by atoms with E-state index in [-0.39, 0.29) is 5.09 Å². The van der Waals surface area contributed by atoms with Gasteiger partial charge in [0.1, 0.15) is 5.76 Å². The van der Waals surface area contributed by atoms with Crippen LogP contribution in [0, 0.1) is 0 Å². The predicted molar refractivity (Wildman–Crippen MR) is 72.8 cm³/mol. The van der Waals surface area contributed by atoms with E-state index in [9.17, 15) is 8.42 Å². The van der Waals surface area contributed by atoms with Crippen LogP contribution in [-0.2, 0) is 21.3 Å². The number of sulfonamides is 1. The van der Waals surface area contributed by atoms with E-state index in [0.29, 0.717) is 25.4 Å². The third-order valence-electron chi connectivity index (χ3n) is 3.78. The fraction of sp³-hybridized carbons (Fsp3) is 0.692. The molecule has 6 nitrogen and oxygen atoms in total. The van der Waals surface area contributed by atoms with Crippen molar-refractivity contribution in [1.29, 1.82) is 0 Å². The van der Waals surface area contributed by atoms with E-state index in [0.717, 1.165) is 39.1 Å². The molecule has 3 heterocycles. The van der Waals surface area contributed by atoms with Crippen LogP contribution in [-0.4, -0.2) is 57.0 Å². The van der Waals surface area contributed by atoms with Crippen molar-refractivity contribution in [3.63, 3.8) is 0 Å². The van der Waals surface area contributed by atoms with Gasteiger partial charge in [0.15, 0.2) is 0 Å². The molecular weight excluding hydrogens is 280 g/mol. The zero-order valence-corrected chi connectivity index (χ0v) is 12.3. The summed E-state index contributed by atoms with van der Waals surface area (Å²) in [7, 11) is -3.44. The van der Waals surface area contributed by atoms with Crippen molar-refractivity contribution in [1.82, 2.24) is 9.21 Å². The highest BCUT2D eigenvalue weighted by molar-refractivity contribution is 7.89. The highest BCUT2D eigenvalue weighted by atomic mass is 32.2. The summed E-state index contributed by atoms with van der Waals surface area (Å²) in [5.41, 5.74) is 0. The van der Waals surface area contributed by atoms with Crippen molar-refractivity contribution in [3.05, 3.63) is 17.9 Å². The standard InChI is InChI=1S/C13H20N2O4S/c16-20(17,15-5-1-2-6-15)13-4-3-12(19-13)11-14-7-9-18-10-8-14/h3-4H,1-2,5-11H2. The van der Waals surface area contributed by atoms with Crippen molar-refractivity contribution in [2.24, 2.45) is 0 Å². The second-order valence-corrected chi connectivity index (χ2v) is 7.09. The Kier molecular flexibility index (Phi) is 4.11. The van der Waals surface area contributed by atoms with Crippen LogP contribution in [0.1, 0.15) is 18.6 Å². The lowest BCUT2D eigenvalue weighted by Gasteiger charge is -2.25. The minimum absolute atomic E-state index is 0.0719. The zero-order chi connectivity index (χ0) is 14.0. The molecule has 1 aromatic heterocycles. The Morgan fingerprint density at radius 2 is 1.75 bits per heavy atom. The summed E-state index contributed by atoms with van der Waals surface area (Å²) in [6.45, 7) is 4.99. The number of ether oxygens (including phenoxy) is 1. The molecule has 0 saturated carbocycles. The number of morpholine rings is 1. The van der Waals surface area contributed by atoms with Gasteiger partial charge < -0.3 is 9.15 Å². The first kappa shape index (κ1) is 14.1. The fourth-order valence-electron chi connectivity index (χ4n) is 2.62. The molecule has 20 heavy (non-hydrogen) atoms. The molecule has 0 radical (unpaired) electrons. The Morgan fingerprint density at radius 1 is 1.05 bits per heavy atom. The Bertz CT molecular complexity index is 542. The van der Waals surface area contributed by atoms with Crippen LogP contribution in [0.4, 0.5) is 0 Å².